The molecule has 178 valence electrons. The Bertz CT molecular complexity index is 1300. The van der Waals surface area contributed by atoms with Crippen LogP contribution in [0.1, 0.15) is 23.7 Å². The van der Waals surface area contributed by atoms with Gasteiger partial charge in [-0.3, -0.25) is 9.59 Å². The molecule has 2 aromatic carbocycles. The number of hydrogen-bond donors (Lipinski definition) is 4. The molecule has 9 nitrogen and oxygen atoms in total. The van der Waals surface area contributed by atoms with E-state index in [1.54, 1.807) is 31.2 Å². The van der Waals surface area contributed by atoms with Crippen molar-refractivity contribution >= 4 is 17.7 Å². The zero-order valence-electron chi connectivity index (χ0n) is 18.8. The van der Waals surface area contributed by atoms with E-state index in [0.717, 1.165) is 0 Å². The molecule has 4 N–H and O–H groups in total. The Balaban J connectivity index is 1.93. The summed E-state index contributed by atoms with van der Waals surface area (Å²) in [6, 6.07) is 10.2. The standard InChI is InChI=1S/C24H24FN3O6/c1-13-9-20(29)22(23(32)28(13)2)27-24(33)26-19(12-21(30)31)17-11-15(7-8-18(17)25)14-5-4-6-16(10-14)34-3/h4-11,19,29H,12H2,1-3H3,(H,30,31)(H2,26,27,33)/t19-/m0/s1. The number of aromatic hydroxyl groups is 1. The van der Waals surface area contributed by atoms with E-state index < -0.39 is 41.6 Å². The Kier molecular flexibility index (Phi) is 7.20. The summed E-state index contributed by atoms with van der Waals surface area (Å²) in [5, 5.41) is 24.0. The molecule has 0 spiro atoms. The second-order valence-corrected chi connectivity index (χ2v) is 7.63. The van der Waals surface area contributed by atoms with Gasteiger partial charge in [-0.05, 0) is 42.3 Å². The molecule has 0 aliphatic rings. The highest BCUT2D eigenvalue weighted by Crippen LogP contribution is 2.29. The van der Waals surface area contributed by atoms with Crippen LogP contribution in [-0.2, 0) is 11.8 Å². The van der Waals surface area contributed by atoms with Gasteiger partial charge in [-0.25, -0.2) is 9.18 Å². The molecule has 0 saturated carbocycles. The number of carboxylic acids is 1. The summed E-state index contributed by atoms with van der Waals surface area (Å²) in [4.78, 5) is 36.5. The number of amides is 2. The van der Waals surface area contributed by atoms with Crippen molar-refractivity contribution < 1.29 is 28.9 Å². The molecule has 0 aliphatic heterocycles. The minimum atomic E-state index is -1.27. The lowest BCUT2D eigenvalue weighted by Crippen LogP contribution is -2.36. The van der Waals surface area contributed by atoms with E-state index in [9.17, 15) is 29.0 Å². The quantitative estimate of drug-likeness (QED) is 0.419. The number of carbonyl (C=O) groups is 2. The number of hydrogen-bond acceptors (Lipinski definition) is 5. The van der Waals surface area contributed by atoms with Gasteiger partial charge in [0.1, 0.15) is 17.3 Å². The van der Waals surface area contributed by atoms with Crippen molar-refractivity contribution in [1.29, 1.82) is 0 Å². The minimum absolute atomic E-state index is 0.0566. The Morgan fingerprint density at radius 2 is 1.85 bits per heavy atom. The maximum Gasteiger partial charge on any atom is 0.319 e. The van der Waals surface area contributed by atoms with Gasteiger partial charge in [-0.15, -0.1) is 0 Å². The number of benzene rings is 2. The van der Waals surface area contributed by atoms with Crippen LogP contribution in [0.5, 0.6) is 11.5 Å². The number of methoxy groups -OCH3 is 1. The van der Waals surface area contributed by atoms with Crippen LogP contribution < -0.4 is 20.9 Å². The van der Waals surface area contributed by atoms with Crippen molar-refractivity contribution in [2.45, 2.75) is 19.4 Å². The predicted molar refractivity (Wildman–Crippen MR) is 124 cm³/mol. The van der Waals surface area contributed by atoms with Crippen molar-refractivity contribution in [1.82, 2.24) is 9.88 Å². The number of aromatic nitrogens is 1. The summed E-state index contributed by atoms with van der Waals surface area (Å²) >= 11 is 0. The highest BCUT2D eigenvalue weighted by atomic mass is 19.1. The number of halogens is 1. The van der Waals surface area contributed by atoms with E-state index in [2.05, 4.69) is 10.6 Å². The molecule has 0 unspecified atom stereocenters. The van der Waals surface area contributed by atoms with Crippen LogP contribution in [0, 0.1) is 12.7 Å². The third-order valence-electron chi connectivity index (χ3n) is 5.35. The number of aryl methyl sites for hydroxylation is 1. The van der Waals surface area contributed by atoms with Crippen LogP contribution in [0.25, 0.3) is 11.1 Å². The molecule has 2 amide bonds. The molecule has 0 radical (unpaired) electrons. The third-order valence-corrected chi connectivity index (χ3v) is 5.35. The monoisotopic (exact) mass is 469 g/mol. The summed E-state index contributed by atoms with van der Waals surface area (Å²) in [6.45, 7) is 1.60. The maximum absolute atomic E-state index is 14.8. The van der Waals surface area contributed by atoms with Crippen molar-refractivity contribution in [2.24, 2.45) is 7.05 Å². The molecule has 3 aromatic rings. The first-order valence-electron chi connectivity index (χ1n) is 10.2. The van der Waals surface area contributed by atoms with Gasteiger partial charge in [-0.2, -0.15) is 0 Å². The van der Waals surface area contributed by atoms with E-state index in [1.165, 1.54) is 43.0 Å². The second-order valence-electron chi connectivity index (χ2n) is 7.63. The molecular weight excluding hydrogens is 445 g/mol. The molecule has 0 bridgehead atoms. The maximum atomic E-state index is 14.8. The Labute approximate surface area is 194 Å². The van der Waals surface area contributed by atoms with Gasteiger partial charge >= 0.3 is 12.0 Å². The second kappa shape index (κ2) is 10.1. The molecule has 0 aliphatic carbocycles. The number of nitrogens with one attached hydrogen (secondary N) is 2. The fourth-order valence-corrected chi connectivity index (χ4v) is 3.44. The molecule has 1 aromatic heterocycles. The molecule has 3 rings (SSSR count). The Hall–Kier alpha value is -4.34. The fourth-order valence-electron chi connectivity index (χ4n) is 3.44. The first kappa shape index (κ1) is 24.3. The van der Waals surface area contributed by atoms with Crippen LogP contribution in [-0.4, -0.2) is 33.9 Å². The van der Waals surface area contributed by atoms with E-state index in [4.69, 9.17) is 4.74 Å². The summed E-state index contributed by atoms with van der Waals surface area (Å²) in [5.41, 5.74) is 0.650. The first-order valence-corrected chi connectivity index (χ1v) is 10.2. The molecule has 34 heavy (non-hydrogen) atoms. The fraction of sp³-hybridized carbons (Fsp3) is 0.208. The third kappa shape index (κ3) is 5.34. The Morgan fingerprint density at radius 1 is 1.15 bits per heavy atom. The van der Waals surface area contributed by atoms with Crippen LogP contribution in [0.15, 0.2) is 53.3 Å². The highest BCUT2D eigenvalue weighted by Gasteiger charge is 2.23. The zero-order valence-corrected chi connectivity index (χ0v) is 18.8. The first-order chi connectivity index (χ1) is 16.1. The van der Waals surface area contributed by atoms with Crippen molar-refractivity contribution in [3.05, 3.63) is 76.0 Å². The number of carboxylic acid groups (broad SMARTS) is 1. The average Bonchev–Trinajstić information content (AvgIpc) is 2.80. The van der Waals surface area contributed by atoms with E-state index >= 15 is 0 Å². The topological polar surface area (TPSA) is 130 Å². The van der Waals surface area contributed by atoms with Gasteiger partial charge in [0.05, 0.1) is 19.6 Å². The summed E-state index contributed by atoms with van der Waals surface area (Å²) in [5.74, 6) is -1.85. The van der Waals surface area contributed by atoms with Gasteiger partial charge < -0.3 is 30.2 Å². The summed E-state index contributed by atoms with van der Waals surface area (Å²) in [6.07, 6.45) is -0.621. The van der Waals surface area contributed by atoms with Crippen LogP contribution >= 0.6 is 0 Å². The van der Waals surface area contributed by atoms with Crippen molar-refractivity contribution in [3.8, 4) is 22.6 Å². The van der Waals surface area contributed by atoms with Crippen LogP contribution in [0.2, 0.25) is 0 Å². The van der Waals surface area contributed by atoms with Gasteiger partial charge in [0.15, 0.2) is 5.69 Å². The molecule has 10 heteroatoms. The van der Waals surface area contributed by atoms with Gasteiger partial charge in [0.2, 0.25) is 0 Å². The largest absolute Gasteiger partial charge is 0.505 e. The Morgan fingerprint density at radius 3 is 2.53 bits per heavy atom. The number of pyridine rings is 1. The number of rotatable bonds is 7. The summed E-state index contributed by atoms with van der Waals surface area (Å²) < 4.78 is 21.2. The minimum Gasteiger partial charge on any atom is -0.505 e. The number of carbonyl (C=O) groups excluding carboxylic acids is 1. The number of aliphatic carboxylic acids is 1. The predicted octanol–water partition coefficient (Wildman–Crippen LogP) is 3.55. The molecular formula is C24H24FN3O6. The lowest BCUT2D eigenvalue weighted by atomic mass is 9.97. The van der Waals surface area contributed by atoms with Gasteiger partial charge in [0.25, 0.3) is 5.56 Å². The molecule has 1 heterocycles. The summed E-state index contributed by atoms with van der Waals surface area (Å²) in [7, 11) is 2.98. The normalized spacial score (nSPS) is 11.5. The van der Waals surface area contributed by atoms with Gasteiger partial charge in [-0.1, -0.05) is 18.2 Å². The van der Waals surface area contributed by atoms with E-state index in [-0.39, 0.29) is 11.3 Å². The number of anilines is 1. The van der Waals surface area contributed by atoms with E-state index in [0.29, 0.717) is 22.6 Å². The number of urea groups is 1. The average molecular weight is 469 g/mol. The van der Waals surface area contributed by atoms with Crippen molar-refractivity contribution in [2.75, 3.05) is 12.4 Å². The highest BCUT2D eigenvalue weighted by molar-refractivity contribution is 5.91. The SMILES string of the molecule is COc1cccc(-c2ccc(F)c([C@H](CC(=O)O)NC(=O)Nc3c(O)cc(C)n(C)c3=O)c2)c1. The zero-order chi connectivity index (χ0) is 25.0. The van der Waals surface area contributed by atoms with Crippen molar-refractivity contribution in [3.63, 3.8) is 0 Å². The molecule has 0 fully saturated rings. The number of nitrogens with zero attached hydrogens (tertiary/aromatic N) is 1. The lowest BCUT2D eigenvalue weighted by molar-refractivity contribution is -0.137. The van der Waals surface area contributed by atoms with Crippen LogP contribution in [0.3, 0.4) is 0 Å². The van der Waals surface area contributed by atoms with E-state index in [1.807, 2.05) is 0 Å². The lowest BCUT2D eigenvalue weighted by Gasteiger charge is -2.20. The smallest absolute Gasteiger partial charge is 0.319 e. The number of ether oxygens (including phenoxy) is 1. The van der Waals surface area contributed by atoms with Gasteiger partial charge in [0, 0.05) is 24.4 Å². The van der Waals surface area contributed by atoms with Crippen LogP contribution in [0.4, 0.5) is 14.9 Å². The molecule has 0 saturated heterocycles. The molecule has 1 atom stereocenters.